The Labute approximate surface area is 192 Å². The molecule has 0 spiro atoms. The second-order valence-corrected chi connectivity index (χ2v) is 9.07. The predicted molar refractivity (Wildman–Crippen MR) is 126 cm³/mol. The van der Waals surface area contributed by atoms with E-state index < -0.39 is 0 Å². The molecule has 1 aliphatic heterocycles. The zero-order valence-electron chi connectivity index (χ0n) is 17.7. The van der Waals surface area contributed by atoms with Crippen LogP contribution in [0, 0.1) is 0 Å². The van der Waals surface area contributed by atoms with E-state index >= 15 is 0 Å². The average molecular weight is 456 g/mol. The number of thioether (sulfide) groups is 1. The summed E-state index contributed by atoms with van der Waals surface area (Å²) in [5, 5.41) is 9.80. The minimum atomic E-state index is -0.348. The number of hydrogen-bond donors (Lipinski definition) is 1. The Hall–Kier alpha value is -2.51. The standard InChI is InChI=1S/C23H26ClN5OS/c1-3-14-28(15-4-2)22(30)20-19(16-10-12-18(24)13-11-16)27-29-21(25-26-23(29)31-20)17-8-6-5-7-9-17/h5-13,19-20,27H,3-4,14-15H2,1-2H3/t19-,20+/m1/s1. The Bertz CT molecular complexity index is 1020. The highest BCUT2D eigenvalue weighted by molar-refractivity contribution is 8.00. The van der Waals surface area contributed by atoms with Crippen LogP contribution in [0.1, 0.15) is 38.3 Å². The molecule has 2 heterocycles. The third-order valence-electron chi connectivity index (χ3n) is 5.24. The predicted octanol–water partition coefficient (Wildman–Crippen LogP) is 5.01. The lowest BCUT2D eigenvalue weighted by molar-refractivity contribution is -0.131. The number of amides is 1. The lowest BCUT2D eigenvalue weighted by atomic mass is 10.0. The minimum Gasteiger partial charge on any atom is -0.342 e. The summed E-state index contributed by atoms with van der Waals surface area (Å²) < 4.78 is 1.90. The van der Waals surface area contributed by atoms with Gasteiger partial charge in [-0.15, -0.1) is 10.2 Å². The fraction of sp³-hybridized carbons (Fsp3) is 0.348. The fourth-order valence-corrected chi connectivity index (χ4v) is 5.08. The molecule has 0 fully saturated rings. The summed E-state index contributed by atoms with van der Waals surface area (Å²) in [7, 11) is 0. The molecule has 3 aromatic rings. The van der Waals surface area contributed by atoms with Crippen LogP contribution in [-0.4, -0.2) is 44.0 Å². The molecule has 1 aromatic heterocycles. The van der Waals surface area contributed by atoms with Crippen LogP contribution < -0.4 is 5.43 Å². The molecule has 0 saturated heterocycles. The van der Waals surface area contributed by atoms with Crippen LogP contribution in [0.15, 0.2) is 59.8 Å². The molecule has 31 heavy (non-hydrogen) atoms. The number of fused-ring (bicyclic) bond motifs is 1. The van der Waals surface area contributed by atoms with Gasteiger partial charge in [-0.25, -0.2) is 4.68 Å². The number of benzene rings is 2. The highest BCUT2D eigenvalue weighted by Crippen LogP contribution is 2.39. The normalized spacial score (nSPS) is 17.6. The Morgan fingerprint density at radius 1 is 1.06 bits per heavy atom. The number of halogens is 1. The van der Waals surface area contributed by atoms with Crippen LogP contribution >= 0.6 is 23.4 Å². The molecule has 1 amide bonds. The summed E-state index contributed by atoms with van der Waals surface area (Å²) in [6.07, 6.45) is 1.85. The van der Waals surface area contributed by atoms with Crippen molar-refractivity contribution in [2.24, 2.45) is 0 Å². The Morgan fingerprint density at radius 3 is 2.39 bits per heavy atom. The van der Waals surface area contributed by atoms with Crippen molar-refractivity contribution in [2.75, 3.05) is 18.5 Å². The van der Waals surface area contributed by atoms with E-state index in [9.17, 15) is 4.79 Å². The van der Waals surface area contributed by atoms with E-state index in [0.29, 0.717) is 10.2 Å². The SMILES string of the molecule is CCCN(CCC)C(=O)[C@H]1Sc2nnc(-c3ccccc3)n2N[C@@H]1c1ccc(Cl)cc1. The van der Waals surface area contributed by atoms with Gasteiger partial charge in [0, 0.05) is 23.7 Å². The maximum atomic E-state index is 13.6. The van der Waals surface area contributed by atoms with Crippen LogP contribution in [-0.2, 0) is 4.79 Å². The highest BCUT2D eigenvalue weighted by Gasteiger charge is 2.39. The summed E-state index contributed by atoms with van der Waals surface area (Å²) in [5.74, 6) is 0.851. The van der Waals surface area contributed by atoms with Crippen molar-refractivity contribution < 1.29 is 4.79 Å². The molecule has 1 aliphatic rings. The van der Waals surface area contributed by atoms with E-state index in [1.54, 1.807) is 0 Å². The molecular formula is C23H26ClN5OS. The van der Waals surface area contributed by atoms with Gasteiger partial charge in [0.05, 0.1) is 6.04 Å². The summed E-state index contributed by atoms with van der Waals surface area (Å²) >= 11 is 7.60. The second kappa shape index (κ2) is 9.75. The highest BCUT2D eigenvalue weighted by atomic mass is 35.5. The Morgan fingerprint density at radius 2 is 1.74 bits per heavy atom. The molecule has 0 unspecified atom stereocenters. The van der Waals surface area contributed by atoms with Crippen molar-refractivity contribution in [3.8, 4) is 11.4 Å². The van der Waals surface area contributed by atoms with Gasteiger partial charge in [-0.3, -0.25) is 4.79 Å². The smallest absolute Gasteiger partial charge is 0.238 e. The first-order valence-corrected chi connectivity index (χ1v) is 11.9. The van der Waals surface area contributed by atoms with E-state index in [1.165, 1.54) is 11.8 Å². The van der Waals surface area contributed by atoms with Crippen molar-refractivity contribution >= 4 is 29.3 Å². The van der Waals surface area contributed by atoms with Crippen molar-refractivity contribution in [3.63, 3.8) is 0 Å². The van der Waals surface area contributed by atoms with Crippen LogP contribution in [0.4, 0.5) is 0 Å². The van der Waals surface area contributed by atoms with E-state index in [0.717, 1.165) is 42.9 Å². The van der Waals surface area contributed by atoms with Crippen molar-refractivity contribution in [1.29, 1.82) is 0 Å². The van der Waals surface area contributed by atoms with Crippen LogP contribution in [0.5, 0.6) is 0 Å². The second-order valence-electron chi connectivity index (χ2n) is 7.53. The number of hydrogen-bond acceptors (Lipinski definition) is 5. The van der Waals surface area contributed by atoms with Gasteiger partial charge in [0.25, 0.3) is 0 Å². The van der Waals surface area contributed by atoms with E-state index in [2.05, 4.69) is 29.5 Å². The van der Waals surface area contributed by atoms with Gasteiger partial charge in [-0.1, -0.05) is 79.7 Å². The lowest BCUT2D eigenvalue weighted by Gasteiger charge is -2.36. The van der Waals surface area contributed by atoms with Gasteiger partial charge in [0.15, 0.2) is 5.82 Å². The van der Waals surface area contributed by atoms with Crippen LogP contribution in [0.3, 0.4) is 0 Å². The van der Waals surface area contributed by atoms with Gasteiger partial charge in [-0.05, 0) is 30.5 Å². The van der Waals surface area contributed by atoms with Crippen LogP contribution in [0.25, 0.3) is 11.4 Å². The van der Waals surface area contributed by atoms with Crippen molar-refractivity contribution in [3.05, 3.63) is 65.2 Å². The minimum absolute atomic E-state index is 0.122. The molecule has 2 aromatic carbocycles. The van der Waals surface area contributed by atoms with Crippen molar-refractivity contribution in [2.45, 2.75) is 43.1 Å². The molecule has 0 aliphatic carbocycles. The molecule has 0 bridgehead atoms. The molecule has 8 heteroatoms. The first-order chi connectivity index (χ1) is 15.1. The fourth-order valence-electron chi connectivity index (χ4n) is 3.79. The molecule has 2 atom stereocenters. The monoisotopic (exact) mass is 455 g/mol. The van der Waals surface area contributed by atoms with E-state index in [4.69, 9.17) is 11.6 Å². The van der Waals surface area contributed by atoms with Gasteiger partial charge in [-0.2, -0.15) is 0 Å². The van der Waals surface area contributed by atoms with Crippen molar-refractivity contribution in [1.82, 2.24) is 19.8 Å². The van der Waals surface area contributed by atoms with Gasteiger partial charge in [0.1, 0.15) is 5.25 Å². The quantitative estimate of drug-likeness (QED) is 0.542. The number of carbonyl (C=O) groups excluding carboxylic acids is 1. The molecule has 6 nitrogen and oxygen atoms in total. The number of rotatable bonds is 7. The Kier molecular flexibility index (Phi) is 6.83. The number of nitrogens with zero attached hydrogens (tertiary/aromatic N) is 4. The molecule has 1 N–H and O–H groups in total. The molecule has 0 radical (unpaired) electrons. The summed E-state index contributed by atoms with van der Waals surface area (Å²) in [6.45, 7) is 5.70. The Balaban J connectivity index is 1.73. The number of aromatic nitrogens is 3. The summed E-state index contributed by atoms with van der Waals surface area (Å²) in [4.78, 5) is 15.6. The maximum Gasteiger partial charge on any atom is 0.238 e. The summed E-state index contributed by atoms with van der Waals surface area (Å²) in [5.41, 5.74) is 5.50. The van der Waals surface area contributed by atoms with Crippen LogP contribution in [0.2, 0.25) is 5.02 Å². The topological polar surface area (TPSA) is 63.1 Å². The maximum absolute atomic E-state index is 13.6. The molecule has 4 rings (SSSR count). The molecule has 0 saturated carbocycles. The average Bonchev–Trinajstić information content (AvgIpc) is 3.22. The third-order valence-corrected chi connectivity index (χ3v) is 6.69. The first-order valence-electron chi connectivity index (χ1n) is 10.6. The summed E-state index contributed by atoms with van der Waals surface area (Å²) in [6, 6.07) is 17.4. The first kappa shape index (κ1) is 21.7. The lowest BCUT2D eigenvalue weighted by Crippen LogP contribution is -2.46. The van der Waals surface area contributed by atoms with E-state index in [1.807, 2.05) is 64.2 Å². The van der Waals surface area contributed by atoms with E-state index in [-0.39, 0.29) is 17.2 Å². The van der Waals surface area contributed by atoms with Gasteiger partial charge < -0.3 is 10.3 Å². The zero-order chi connectivity index (χ0) is 21.8. The number of carbonyl (C=O) groups is 1. The van der Waals surface area contributed by atoms with Gasteiger partial charge in [0.2, 0.25) is 11.1 Å². The number of nitrogens with one attached hydrogen (secondary N) is 1. The molecular weight excluding hydrogens is 430 g/mol. The zero-order valence-corrected chi connectivity index (χ0v) is 19.2. The third kappa shape index (κ3) is 4.57. The molecule has 162 valence electrons. The van der Waals surface area contributed by atoms with Gasteiger partial charge >= 0.3 is 0 Å². The largest absolute Gasteiger partial charge is 0.342 e.